The van der Waals surface area contributed by atoms with Gasteiger partial charge in [0.25, 0.3) is 12.3 Å². The second-order valence-electron chi connectivity index (χ2n) is 3.46. The fourth-order valence-electron chi connectivity index (χ4n) is 1.38. The van der Waals surface area contributed by atoms with Gasteiger partial charge in [0.05, 0.1) is 12.1 Å². The van der Waals surface area contributed by atoms with E-state index in [9.17, 15) is 13.6 Å². The van der Waals surface area contributed by atoms with Crippen LogP contribution in [0.2, 0.25) is 0 Å². The molecule has 0 saturated heterocycles. The maximum atomic E-state index is 12.4. The second-order valence-corrected chi connectivity index (χ2v) is 6.02. The molecular weight excluding hydrogens is 440 g/mol. The number of benzene rings is 1. The van der Waals surface area contributed by atoms with Gasteiger partial charge in [-0.15, -0.1) is 0 Å². The molecule has 1 amide bonds. The minimum Gasteiger partial charge on any atom is -0.332 e. The van der Waals surface area contributed by atoms with Gasteiger partial charge in [-0.3, -0.25) is 4.79 Å². The largest absolute Gasteiger partial charge is 0.332 e. The van der Waals surface area contributed by atoms with Crippen LogP contribution in [0.5, 0.6) is 0 Å². The highest BCUT2D eigenvalue weighted by Gasteiger charge is 2.21. The van der Waals surface area contributed by atoms with E-state index in [4.69, 9.17) is 0 Å². The Bertz CT molecular complexity index is 429. The fraction of sp³-hybridized carbons (Fsp3) is 0.364. The highest BCUT2D eigenvalue weighted by molar-refractivity contribution is 9.11. The van der Waals surface area contributed by atoms with Gasteiger partial charge in [0.1, 0.15) is 0 Å². The molecule has 1 rings (SSSR count). The molecule has 1 aromatic carbocycles. The van der Waals surface area contributed by atoms with Crippen LogP contribution in [0, 0.1) is 0 Å². The number of carbonyl (C=O) groups is 1. The summed E-state index contributed by atoms with van der Waals surface area (Å²) in [6, 6.07) is 5.08. The molecule has 0 aromatic heterocycles. The van der Waals surface area contributed by atoms with Crippen LogP contribution in [0.4, 0.5) is 8.78 Å². The van der Waals surface area contributed by atoms with Gasteiger partial charge in [0.2, 0.25) is 0 Å². The van der Waals surface area contributed by atoms with E-state index >= 15 is 0 Å². The topological polar surface area (TPSA) is 20.3 Å². The number of halogens is 5. The molecule has 0 N–H and O–H groups in total. The Morgan fingerprint density at radius 1 is 1.33 bits per heavy atom. The van der Waals surface area contributed by atoms with Gasteiger partial charge in [-0.1, -0.05) is 31.9 Å². The van der Waals surface area contributed by atoms with Gasteiger partial charge in [-0.25, -0.2) is 8.78 Å². The third-order valence-corrected chi connectivity index (χ3v) is 3.70. The van der Waals surface area contributed by atoms with Gasteiger partial charge < -0.3 is 4.90 Å². The van der Waals surface area contributed by atoms with Gasteiger partial charge in [0.15, 0.2) is 0 Å². The van der Waals surface area contributed by atoms with Crippen molar-refractivity contribution in [3.63, 3.8) is 0 Å². The molecule has 0 radical (unpaired) electrons. The number of amides is 1. The van der Waals surface area contributed by atoms with Crippen LogP contribution in [0.25, 0.3) is 0 Å². The van der Waals surface area contributed by atoms with Crippen LogP contribution in [-0.4, -0.2) is 35.7 Å². The molecule has 0 aliphatic rings. The van der Waals surface area contributed by atoms with Crippen molar-refractivity contribution < 1.29 is 13.6 Å². The highest BCUT2D eigenvalue weighted by Crippen LogP contribution is 2.23. The first-order chi connectivity index (χ1) is 8.45. The van der Waals surface area contributed by atoms with Crippen LogP contribution in [0.3, 0.4) is 0 Å². The molecule has 0 heterocycles. The van der Waals surface area contributed by atoms with Crippen molar-refractivity contribution in [2.24, 2.45) is 0 Å². The Labute approximate surface area is 129 Å². The van der Waals surface area contributed by atoms with Crippen LogP contribution in [-0.2, 0) is 0 Å². The van der Waals surface area contributed by atoms with Gasteiger partial charge in [0, 0.05) is 20.8 Å². The first kappa shape index (κ1) is 16.0. The monoisotopic (exact) mass is 447 g/mol. The maximum Gasteiger partial charge on any atom is 0.255 e. The normalized spacial score (nSPS) is 10.8. The molecule has 1 aromatic rings. The minimum absolute atomic E-state index is 0.238. The molecule has 0 unspecified atom stereocenters. The second kappa shape index (κ2) is 7.55. The quantitative estimate of drug-likeness (QED) is 0.613. The number of nitrogens with zero attached hydrogens (tertiary/aromatic N) is 1. The smallest absolute Gasteiger partial charge is 0.255 e. The molecule has 0 spiro atoms. The SMILES string of the molecule is O=C(c1cc(Br)ccc1Br)N(CCBr)CC(F)F. The van der Waals surface area contributed by atoms with Crippen molar-refractivity contribution in [2.45, 2.75) is 6.43 Å². The molecule has 2 nitrogen and oxygen atoms in total. The molecule has 0 saturated carbocycles. The third kappa shape index (κ3) is 4.59. The average molecular weight is 450 g/mol. The van der Waals surface area contributed by atoms with E-state index in [2.05, 4.69) is 47.8 Å². The van der Waals surface area contributed by atoms with Crippen LogP contribution in [0.15, 0.2) is 27.1 Å². The minimum atomic E-state index is -2.54. The number of alkyl halides is 3. The summed E-state index contributed by atoms with van der Waals surface area (Å²) < 4.78 is 26.2. The zero-order valence-electron chi connectivity index (χ0n) is 9.18. The van der Waals surface area contributed by atoms with Crippen molar-refractivity contribution in [1.82, 2.24) is 4.90 Å². The molecule has 7 heteroatoms. The molecule has 0 bridgehead atoms. The summed E-state index contributed by atoms with van der Waals surface area (Å²) in [7, 11) is 0. The van der Waals surface area contributed by atoms with E-state index < -0.39 is 18.9 Å². The first-order valence-electron chi connectivity index (χ1n) is 5.04. The van der Waals surface area contributed by atoms with Crippen LogP contribution >= 0.6 is 47.8 Å². The van der Waals surface area contributed by atoms with Crippen molar-refractivity contribution >= 4 is 53.7 Å². The highest BCUT2D eigenvalue weighted by atomic mass is 79.9. The van der Waals surface area contributed by atoms with Crippen molar-refractivity contribution in [3.05, 3.63) is 32.7 Å². The number of carbonyl (C=O) groups excluding carboxylic acids is 1. The summed E-state index contributed by atoms with van der Waals surface area (Å²) >= 11 is 9.66. The Balaban J connectivity index is 2.97. The Morgan fingerprint density at radius 3 is 2.56 bits per heavy atom. The maximum absolute atomic E-state index is 12.4. The molecule has 0 aliphatic heterocycles. The lowest BCUT2D eigenvalue weighted by Crippen LogP contribution is -2.36. The first-order valence-corrected chi connectivity index (χ1v) is 7.75. The molecule has 0 aliphatic carbocycles. The standard InChI is InChI=1S/C11H10Br3F2NO/c12-3-4-17(6-10(15)16)11(18)8-5-7(13)1-2-9(8)14/h1-2,5,10H,3-4,6H2. The van der Waals surface area contributed by atoms with Crippen molar-refractivity contribution in [1.29, 1.82) is 0 Å². The van der Waals surface area contributed by atoms with E-state index in [1.165, 1.54) is 0 Å². The summed E-state index contributed by atoms with van der Waals surface area (Å²) in [6.45, 7) is -0.328. The lowest BCUT2D eigenvalue weighted by molar-refractivity contribution is 0.0571. The summed E-state index contributed by atoms with van der Waals surface area (Å²) in [5.41, 5.74) is 0.367. The van der Waals surface area contributed by atoms with Gasteiger partial charge in [-0.05, 0) is 34.1 Å². The Kier molecular flexibility index (Phi) is 6.73. The summed E-state index contributed by atoms with van der Waals surface area (Å²) in [4.78, 5) is 13.3. The predicted octanol–water partition coefficient (Wildman–Crippen LogP) is 4.31. The average Bonchev–Trinajstić information content (AvgIpc) is 2.30. The summed E-state index contributed by atoms with van der Waals surface area (Å²) in [5.74, 6) is -0.414. The van der Waals surface area contributed by atoms with Crippen LogP contribution in [0.1, 0.15) is 10.4 Å². The number of hydrogen-bond donors (Lipinski definition) is 0. The summed E-state index contributed by atoms with van der Waals surface area (Å²) in [5, 5.41) is 0.455. The zero-order valence-corrected chi connectivity index (χ0v) is 13.9. The van der Waals surface area contributed by atoms with Crippen molar-refractivity contribution in [3.8, 4) is 0 Å². The van der Waals surface area contributed by atoms with Gasteiger partial charge in [-0.2, -0.15) is 0 Å². The third-order valence-electron chi connectivity index (χ3n) is 2.16. The molecule has 0 fully saturated rings. The van der Waals surface area contributed by atoms with E-state index in [0.29, 0.717) is 15.4 Å². The molecule has 100 valence electrons. The van der Waals surface area contributed by atoms with Crippen molar-refractivity contribution in [2.75, 3.05) is 18.4 Å². The van der Waals surface area contributed by atoms with Gasteiger partial charge >= 0.3 is 0 Å². The van der Waals surface area contributed by atoms with E-state index in [0.717, 1.165) is 9.37 Å². The van der Waals surface area contributed by atoms with E-state index in [-0.39, 0.29) is 6.54 Å². The molecular formula is C11H10Br3F2NO. The molecule has 18 heavy (non-hydrogen) atoms. The van der Waals surface area contributed by atoms with E-state index in [1.54, 1.807) is 18.2 Å². The zero-order chi connectivity index (χ0) is 13.7. The van der Waals surface area contributed by atoms with Crippen LogP contribution < -0.4 is 0 Å². The lowest BCUT2D eigenvalue weighted by atomic mass is 10.2. The summed E-state index contributed by atoms with van der Waals surface area (Å²) in [6.07, 6.45) is -2.54. The van der Waals surface area contributed by atoms with E-state index in [1.807, 2.05) is 0 Å². The lowest BCUT2D eigenvalue weighted by Gasteiger charge is -2.22. The number of rotatable bonds is 5. The Hall–Kier alpha value is -0.0100. The fourth-order valence-corrected chi connectivity index (χ4v) is 2.58. The predicted molar refractivity (Wildman–Crippen MR) is 77.5 cm³/mol. The number of hydrogen-bond acceptors (Lipinski definition) is 1. The Morgan fingerprint density at radius 2 is 2.00 bits per heavy atom. The molecule has 0 atom stereocenters.